The van der Waals surface area contributed by atoms with Crippen molar-refractivity contribution in [1.82, 2.24) is 5.43 Å². The molecule has 0 atom stereocenters. The molecule has 0 aliphatic carbocycles. The number of hydrogen-bond donors (Lipinski definition) is 2. The number of carbonyl (C=O) groups is 2. The highest BCUT2D eigenvalue weighted by Crippen LogP contribution is 2.27. The lowest BCUT2D eigenvalue weighted by Crippen LogP contribution is -2.40. The lowest BCUT2D eigenvalue weighted by molar-refractivity contribution is -0.119. The van der Waals surface area contributed by atoms with Crippen LogP contribution in [-0.2, 0) is 19.6 Å². The normalized spacial score (nSPS) is 11.1. The summed E-state index contributed by atoms with van der Waals surface area (Å²) < 4.78 is 38.7. The molecule has 2 amide bonds. The molecule has 10 nitrogen and oxygen atoms in total. The molecule has 0 radical (unpaired) electrons. The van der Waals surface area contributed by atoms with Crippen LogP contribution in [0, 0.1) is 13.8 Å². The largest absolute Gasteiger partial charge is 0.497 e. The van der Waals surface area contributed by atoms with E-state index >= 15 is 0 Å². The van der Waals surface area contributed by atoms with Crippen molar-refractivity contribution in [2.45, 2.75) is 18.7 Å². The van der Waals surface area contributed by atoms with Gasteiger partial charge in [-0.3, -0.25) is 13.9 Å². The number of hydrazone groups is 1. The Labute approximate surface area is 251 Å². The van der Waals surface area contributed by atoms with Crippen molar-refractivity contribution in [3.05, 3.63) is 114 Å². The Kier molecular flexibility index (Phi) is 10.1. The molecule has 0 aliphatic rings. The first-order chi connectivity index (χ1) is 20.7. The first kappa shape index (κ1) is 30.8. The van der Waals surface area contributed by atoms with Gasteiger partial charge in [-0.2, -0.15) is 5.10 Å². The molecule has 222 valence electrons. The van der Waals surface area contributed by atoms with Crippen LogP contribution in [0.1, 0.15) is 16.7 Å². The topological polar surface area (TPSA) is 126 Å². The summed E-state index contributed by atoms with van der Waals surface area (Å²) in [6, 6.07) is 27.0. The van der Waals surface area contributed by atoms with Crippen LogP contribution in [0.4, 0.5) is 11.4 Å². The van der Waals surface area contributed by atoms with Gasteiger partial charge in [0.15, 0.2) is 6.61 Å². The van der Waals surface area contributed by atoms with Crippen LogP contribution in [0.5, 0.6) is 11.5 Å². The Morgan fingerprint density at radius 2 is 1.53 bits per heavy atom. The third-order valence-electron chi connectivity index (χ3n) is 6.27. The molecule has 0 saturated heterocycles. The lowest BCUT2D eigenvalue weighted by Gasteiger charge is -2.25. The predicted octanol–water partition coefficient (Wildman–Crippen LogP) is 4.68. The summed E-state index contributed by atoms with van der Waals surface area (Å²) >= 11 is 0. The molecular formula is C32H32N4O6S. The van der Waals surface area contributed by atoms with E-state index in [1.165, 1.54) is 18.3 Å². The van der Waals surface area contributed by atoms with E-state index in [-0.39, 0.29) is 17.4 Å². The minimum Gasteiger partial charge on any atom is -0.497 e. The van der Waals surface area contributed by atoms with Crippen molar-refractivity contribution >= 4 is 39.4 Å². The number of ether oxygens (including phenoxy) is 2. The van der Waals surface area contributed by atoms with Crippen LogP contribution in [-0.4, -0.2) is 46.7 Å². The van der Waals surface area contributed by atoms with Gasteiger partial charge in [-0.1, -0.05) is 35.9 Å². The number of nitrogens with one attached hydrogen (secondary N) is 2. The SMILES string of the molecule is COc1ccc(NC(=O)COc2ccc(/C=N\NC(=O)CN(c3ccc(C)cc3C)S(=O)(=O)c3ccccc3)cc2)cc1. The first-order valence-electron chi connectivity index (χ1n) is 13.3. The van der Waals surface area contributed by atoms with Gasteiger partial charge < -0.3 is 14.8 Å². The number of nitrogens with zero attached hydrogens (tertiary/aromatic N) is 2. The highest BCUT2D eigenvalue weighted by atomic mass is 32.2. The molecule has 0 saturated carbocycles. The number of rotatable bonds is 12. The number of hydrogen-bond acceptors (Lipinski definition) is 7. The van der Waals surface area contributed by atoms with Gasteiger partial charge in [0.2, 0.25) is 0 Å². The summed E-state index contributed by atoms with van der Waals surface area (Å²) in [6.45, 7) is 3.06. The molecule has 0 unspecified atom stereocenters. The minimum atomic E-state index is -4.03. The molecule has 0 aliphatic heterocycles. The Balaban J connectivity index is 1.34. The molecule has 0 spiro atoms. The number of benzene rings is 4. The van der Waals surface area contributed by atoms with E-state index < -0.39 is 22.5 Å². The molecule has 43 heavy (non-hydrogen) atoms. The highest BCUT2D eigenvalue weighted by molar-refractivity contribution is 7.92. The van der Waals surface area contributed by atoms with Crippen molar-refractivity contribution in [1.29, 1.82) is 0 Å². The van der Waals surface area contributed by atoms with Crippen molar-refractivity contribution < 1.29 is 27.5 Å². The molecular weight excluding hydrogens is 568 g/mol. The molecule has 4 aromatic rings. The maximum absolute atomic E-state index is 13.5. The maximum atomic E-state index is 13.5. The average molecular weight is 601 g/mol. The number of amides is 2. The fourth-order valence-corrected chi connectivity index (χ4v) is 5.63. The fourth-order valence-electron chi connectivity index (χ4n) is 4.12. The zero-order chi connectivity index (χ0) is 30.8. The van der Waals surface area contributed by atoms with Crippen molar-refractivity contribution in [2.24, 2.45) is 5.10 Å². The van der Waals surface area contributed by atoms with Gasteiger partial charge in [-0.25, -0.2) is 13.8 Å². The predicted molar refractivity (Wildman–Crippen MR) is 166 cm³/mol. The number of aryl methyl sites for hydroxylation is 2. The second-order valence-corrected chi connectivity index (χ2v) is 11.4. The zero-order valence-electron chi connectivity index (χ0n) is 24.0. The first-order valence-corrected chi connectivity index (χ1v) is 14.7. The Morgan fingerprint density at radius 1 is 0.860 bits per heavy atom. The quantitative estimate of drug-likeness (QED) is 0.180. The lowest BCUT2D eigenvalue weighted by atomic mass is 10.1. The van der Waals surface area contributed by atoms with Crippen LogP contribution in [0.15, 0.2) is 107 Å². The van der Waals surface area contributed by atoms with Gasteiger partial charge in [0.25, 0.3) is 21.8 Å². The van der Waals surface area contributed by atoms with Gasteiger partial charge in [0.1, 0.15) is 18.0 Å². The molecule has 0 heterocycles. The molecule has 0 fully saturated rings. The number of carbonyl (C=O) groups excluding carboxylic acids is 2. The zero-order valence-corrected chi connectivity index (χ0v) is 24.8. The van der Waals surface area contributed by atoms with Crippen LogP contribution >= 0.6 is 0 Å². The van der Waals surface area contributed by atoms with E-state index in [2.05, 4.69) is 15.8 Å². The van der Waals surface area contributed by atoms with Gasteiger partial charge in [-0.05, 0) is 91.7 Å². The Hall–Kier alpha value is -5.16. The van der Waals surface area contributed by atoms with Crippen LogP contribution in [0.2, 0.25) is 0 Å². The number of methoxy groups -OCH3 is 1. The molecule has 4 aromatic carbocycles. The van der Waals surface area contributed by atoms with E-state index in [1.54, 1.807) is 92.9 Å². The Bertz CT molecular complexity index is 1690. The summed E-state index contributed by atoms with van der Waals surface area (Å²) in [7, 11) is -2.46. The maximum Gasteiger partial charge on any atom is 0.264 e. The van der Waals surface area contributed by atoms with Crippen molar-refractivity contribution in [3.8, 4) is 11.5 Å². The second kappa shape index (κ2) is 14.1. The monoisotopic (exact) mass is 600 g/mol. The molecule has 2 N–H and O–H groups in total. The molecule has 11 heteroatoms. The van der Waals surface area contributed by atoms with E-state index in [9.17, 15) is 18.0 Å². The second-order valence-electron chi connectivity index (χ2n) is 9.54. The van der Waals surface area contributed by atoms with E-state index in [0.29, 0.717) is 28.4 Å². The van der Waals surface area contributed by atoms with E-state index in [4.69, 9.17) is 9.47 Å². The van der Waals surface area contributed by atoms with Crippen LogP contribution in [0.3, 0.4) is 0 Å². The molecule has 0 aromatic heterocycles. The Morgan fingerprint density at radius 3 is 2.19 bits per heavy atom. The summed E-state index contributed by atoms with van der Waals surface area (Å²) in [5.41, 5.74) is 5.77. The fraction of sp³-hybridized carbons (Fsp3) is 0.156. The number of sulfonamides is 1. The summed E-state index contributed by atoms with van der Waals surface area (Å²) in [6.07, 6.45) is 1.42. The van der Waals surface area contributed by atoms with Gasteiger partial charge in [0, 0.05) is 5.69 Å². The minimum absolute atomic E-state index is 0.0757. The van der Waals surface area contributed by atoms with Crippen molar-refractivity contribution in [2.75, 3.05) is 29.9 Å². The smallest absolute Gasteiger partial charge is 0.264 e. The van der Waals surface area contributed by atoms with Gasteiger partial charge >= 0.3 is 0 Å². The summed E-state index contributed by atoms with van der Waals surface area (Å²) in [5.74, 6) is 0.232. The standard InChI is InChI=1S/C32H32N4O6S/c1-23-9-18-30(24(2)19-23)36(43(39,40)29-7-5-4-6-8-29)21-31(37)35-33-20-25-10-14-28(15-11-25)42-22-32(38)34-26-12-16-27(41-3)17-13-26/h4-20H,21-22H2,1-3H3,(H,34,38)(H,35,37)/b33-20-. The highest BCUT2D eigenvalue weighted by Gasteiger charge is 2.28. The van der Waals surface area contributed by atoms with E-state index in [0.717, 1.165) is 15.4 Å². The van der Waals surface area contributed by atoms with Gasteiger partial charge in [-0.15, -0.1) is 0 Å². The molecule has 0 bridgehead atoms. The van der Waals surface area contributed by atoms with Crippen LogP contribution in [0.25, 0.3) is 0 Å². The van der Waals surface area contributed by atoms with Gasteiger partial charge in [0.05, 0.1) is 23.9 Å². The van der Waals surface area contributed by atoms with Crippen molar-refractivity contribution in [3.63, 3.8) is 0 Å². The third-order valence-corrected chi connectivity index (χ3v) is 8.04. The number of anilines is 2. The average Bonchev–Trinajstić information content (AvgIpc) is 3.00. The molecule has 4 rings (SSSR count). The summed E-state index contributed by atoms with van der Waals surface area (Å²) in [5, 5.41) is 6.72. The third kappa shape index (κ3) is 8.43. The summed E-state index contributed by atoms with van der Waals surface area (Å²) in [4.78, 5) is 25.1. The van der Waals surface area contributed by atoms with Crippen LogP contribution < -0.4 is 24.5 Å². The van der Waals surface area contributed by atoms with E-state index in [1.807, 2.05) is 13.0 Å².